The van der Waals surface area contributed by atoms with Crippen LogP contribution in [0.1, 0.15) is 23.0 Å². The lowest BCUT2D eigenvalue weighted by molar-refractivity contribution is 0.199. The van der Waals surface area contributed by atoms with Crippen LogP contribution in [0.15, 0.2) is 45.3 Å². The molecule has 0 aliphatic carbocycles. The summed E-state index contributed by atoms with van der Waals surface area (Å²) >= 11 is 0. The average Bonchev–Trinajstić information content (AvgIpc) is 3.22. The quantitative estimate of drug-likeness (QED) is 0.625. The molecule has 0 saturated heterocycles. The highest BCUT2D eigenvalue weighted by molar-refractivity contribution is 5.57. The molecule has 3 rings (SSSR count). The Kier molecular flexibility index (Phi) is 5.63. The minimum Gasteiger partial charge on any atom is -0.461 e. The molecule has 132 valence electrons. The Morgan fingerprint density at radius 2 is 1.88 bits per heavy atom. The summed E-state index contributed by atoms with van der Waals surface area (Å²) in [4.78, 5) is 6.51. The van der Waals surface area contributed by atoms with Gasteiger partial charge in [0.2, 0.25) is 5.89 Å². The van der Waals surface area contributed by atoms with Crippen LogP contribution >= 0.6 is 0 Å². The fraction of sp³-hybridized carbons (Fsp3) is 0.368. The van der Waals surface area contributed by atoms with E-state index in [2.05, 4.69) is 39.3 Å². The monoisotopic (exact) mass is 341 g/mol. The van der Waals surface area contributed by atoms with Crippen LogP contribution in [0.25, 0.3) is 11.3 Å². The second kappa shape index (κ2) is 8.09. The van der Waals surface area contributed by atoms with Gasteiger partial charge in [-0.25, -0.2) is 0 Å². The first-order chi connectivity index (χ1) is 12.1. The molecule has 1 aromatic carbocycles. The zero-order valence-corrected chi connectivity index (χ0v) is 14.9. The topological polar surface area (TPSA) is 64.5 Å². The fourth-order valence-electron chi connectivity index (χ4n) is 2.61. The first kappa shape index (κ1) is 17.4. The van der Waals surface area contributed by atoms with Crippen LogP contribution in [-0.2, 0) is 24.2 Å². The zero-order valence-electron chi connectivity index (χ0n) is 14.9. The van der Waals surface area contributed by atoms with Crippen molar-refractivity contribution < 1.29 is 13.7 Å². The summed E-state index contributed by atoms with van der Waals surface area (Å²) in [5.41, 5.74) is 2.30. The van der Waals surface area contributed by atoms with Gasteiger partial charge in [-0.3, -0.25) is 4.90 Å². The Hall–Kier alpha value is -2.44. The number of rotatable bonds is 8. The Bertz CT molecular complexity index is 792. The Morgan fingerprint density at radius 3 is 2.56 bits per heavy atom. The number of hydrogen-bond acceptors (Lipinski definition) is 6. The average molecular weight is 341 g/mol. The molecule has 25 heavy (non-hydrogen) atoms. The molecule has 6 heteroatoms. The van der Waals surface area contributed by atoms with Crippen LogP contribution in [0, 0.1) is 6.92 Å². The highest BCUT2D eigenvalue weighted by atomic mass is 16.5. The third-order valence-electron chi connectivity index (χ3n) is 3.88. The van der Waals surface area contributed by atoms with Crippen molar-refractivity contribution in [2.75, 3.05) is 20.8 Å². The zero-order chi connectivity index (χ0) is 17.6. The van der Waals surface area contributed by atoms with Crippen LogP contribution in [-0.4, -0.2) is 35.8 Å². The van der Waals surface area contributed by atoms with E-state index in [4.69, 9.17) is 13.7 Å². The number of furan rings is 1. The first-order valence-electron chi connectivity index (χ1n) is 8.29. The summed E-state index contributed by atoms with van der Waals surface area (Å²) in [6, 6.07) is 12.4. The number of ether oxygens (including phenoxy) is 1. The molecular formula is C19H23N3O3. The molecule has 0 aliphatic rings. The van der Waals surface area contributed by atoms with Crippen molar-refractivity contribution in [1.29, 1.82) is 0 Å². The van der Waals surface area contributed by atoms with Crippen LogP contribution < -0.4 is 0 Å². The molecule has 0 amide bonds. The Labute approximate surface area is 147 Å². The van der Waals surface area contributed by atoms with Crippen LogP contribution in [0.4, 0.5) is 0 Å². The molecule has 0 fully saturated rings. The maximum atomic E-state index is 5.65. The van der Waals surface area contributed by atoms with Gasteiger partial charge in [0, 0.05) is 25.6 Å². The number of hydrogen-bond donors (Lipinski definition) is 0. The molecule has 2 heterocycles. The van der Waals surface area contributed by atoms with E-state index in [0.717, 1.165) is 23.6 Å². The highest BCUT2D eigenvalue weighted by Gasteiger charge is 2.10. The van der Waals surface area contributed by atoms with E-state index in [1.54, 1.807) is 7.11 Å². The van der Waals surface area contributed by atoms with Crippen molar-refractivity contribution in [2.24, 2.45) is 0 Å². The number of benzene rings is 1. The van der Waals surface area contributed by atoms with E-state index in [-0.39, 0.29) is 0 Å². The van der Waals surface area contributed by atoms with Crippen molar-refractivity contribution >= 4 is 0 Å². The first-order valence-corrected chi connectivity index (χ1v) is 8.29. The fourth-order valence-corrected chi connectivity index (χ4v) is 2.61. The van der Waals surface area contributed by atoms with Gasteiger partial charge in [-0.05, 0) is 31.7 Å². The predicted molar refractivity (Wildman–Crippen MR) is 93.9 cm³/mol. The Balaban J connectivity index is 1.55. The number of methoxy groups -OCH3 is 1. The van der Waals surface area contributed by atoms with Crippen molar-refractivity contribution in [2.45, 2.75) is 26.4 Å². The van der Waals surface area contributed by atoms with Gasteiger partial charge in [0.15, 0.2) is 5.82 Å². The maximum absolute atomic E-state index is 5.65. The standard InChI is InChI=1S/C19H23N3O3/c1-14-4-9-17(24-14)16-7-5-15(6-8-16)12-22(2)13-19-20-18(21-25-19)10-11-23-3/h4-9H,10-13H2,1-3H3. The molecule has 0 N–H and O–H groups in total. The molecule has 0 aliphatic heterocycles. The van der Waals surface area contributed by atoms with Crippen molar-refractivity contribution in [3.63, 3.8) is 0 Å². The second-order valence-electron chi connectivity index (χ2n) is 6.13. The summed E-state index contributed by atoms with van der Waals surface area (Å²) in [5, 5.41) is 3.96. The van der Waals surface area contributed by atoms with Gasteiger partial charge in [0.1, 0.15) is 11.5 Å². The molecule has 2 aromatic heterocycles. The summed E-state index contributed by atoms with van der Waals surface area (Å²) in [5.74, 6) is 3.12. The normalized spacial score (nSPS) is 11.4. The number of aryl methyl sites for hydroxylation is 1. The lowest BCUT2D eigenvalue weighted by Gasteiger charge is -2.14. The molecule has 3 aromatic rings. The molecule has 0 spiro atoms. The van der Waals surface area contributed by atoms with Gasteiger partial charge < -0.3 is 13.7 Å². The van der Waals surface area contributed by atoms with E-state index >= 15 is 0 Å². The molecule has 0 radical (unpaired) electrons. The molecule has 0 unspecified atom stereocenters. The van der Waals surface area contributed by atoms with E-state index in [9.17, 15) is 0 Å². The minimum absolute atomic E-state index is 0.594. The number of nitrogens with zero attached hydrogens (tertiary/aromatic N) is 3. The SMILES string of the molecule is COCCc1noc(CN(C)Cc2ccc(-c3ccc(C)o3)cc2)n1. The van der Waals surface area contributed by atoms with Gasteiger partial charge >= 0.3 is 0 Å². The van der Waals surface area contributed by atoms with Crippen molar-refractivity contribution in [1.82, 2.24) is 15.0 Å². The molecule has 0 atom stereocenters. The van der Waals surface area contributed by atoms with E-state index in [0.29, 0.717) is 31.3 Å². The lowest BCUT2D eigenvalue weighted by atomic mass is 10.1. The third kappa shape index (κ3) is 4.78. The third-order valence-corrected chi connectivity index (χ3v) is 3.88. The van der Waals surface area contributed by atoms with E-state index in [1.165, 1.54) is 5.56 Å². The van der Waals surface area contributed by atoms with Gasteiger partial charge in [-0.1, -0.05) is 29.4 Å². The maximum Gasteiger partial charge on any atom is 0.240 e. The lowest BCUT2D eigenvalue weighted by Crippen LogP contribution is -2.17. The summed E-state index contributed by atoms with van der Waals surface area (Å²) in [6.45, 7) is 3.95. The molecule has 0 bridgehead atoms. The Morgan fingerprint density at radius 1 is 1.08 bits per heavy atom. The van der Waals surface area contributed by atoms with Gasteiger partial charge in [0.25, 0.3) is 0 Å². The largest absolute Gasteiger partial charge is 0.461 e. The molecule has 6 nitrogen and oxygen atoms in total. The summed E-state index contributed by atoms with van der Waals surface area (Å²) in [6.07, 6.45) is 0.664. The van der Waals surface area contributed by atoms with Crippen LogP contribution in [0.3, 0.4) is 0 Å². The smallest absolute Gasteiger partial charge is 0.240 e. The molecule has 0 saturated carbocycles. The van der Waals surface area contributed by atoms with Crippen molar-refractivity contribution in [3.05, 3.63) is 59.4 Å². The summed E-state index contributed by atoms with van der Waals surface area (Å²) in [7, 11) is 3.69. The van der Waals surface area contributed by atoms with Crippen LogP contribution in [0.2, 0.25) is 0 Å². The van der Waals surface area contributed by atoms with Gasteiger partial charge in [-0.15, -0.1) is 0 Å². The van der Waals surface area contributed by atoms with E-state index in [1.807, 2.05) is 26.1 Å². The number of aromatic nitrogens is 2. The van der Waals surface area contributed by atoms with Crippen molar-refractivity contribution in [3.8, 4) is 11.3 Å². The molecular weight excluding hydrogens is 318 g/mol. The minimum atomic E-state index is 0.594. The summed E-state index contributed by atoms with van der Waals surface area (Å²) < 4.78 is 16.0. The van der Waals surface area contributed by atoms with Crippen LogP contribution in [0.5, 0.6) is 0 Å². The second-order valence-corrected chi connectivity index (χ2v) is 6.13. The van der Waals surface area contributed by atoms with E-state index < -0.39 is 0 Å². The van der Waals surface area contributed by atoms with Gasteiger partial charge in [-0.2, -0.15) is 4.98 Å². The predicted octanol–water partition coefficient (Wildman–Crippen LogP) is 3.46. The highest BCUT2D eigenvalue weighted by Crippen LogP contribution is 2.22. The van der Waals surface area contributed by atoms with Gasteiger partial charge in [0.05, 0.1) is 13.2 Å².